The first-order chi connectivity index (χ1) is 23.3. The Kier molecular flexibility index (Phi) is 13.0. The van der Waals surface area contributed by atoms with Crippen LogP contribution in [-0.2, 0) is 0 Å². The van der Waals surface area contributed by atoms with Crippen LogP contribution in [0.3, 0.4) is 0 Å². The monoisotopic (exact) mass is 656 g/mol. The summed E-state index contributed by atoms with van der Waals surface area (Å²) in [6, 6.07) is 21.8. The number of benzene rings is 4. The van der Waals surface area contributed by atoms with Crippen LogP contribution in [0.4, 0.5) is 0 Å². The van der Waals surface area contributed by atoms with E-state index in [0.29, 0.717) is 103 Å². The molecule has 0 saturated carbocycles. The third-order valence-corrected chi connectivity index (χ3v) is 6.87. The van der Waals surface area contributed by atoms with E-state index in [1.54, 1.807) is 24.3 Å². The first-order valence-electron chi connectivity index (χ1n) is 16.3. The maximum Gasteiger partial charge on any atom is 0.343 e. The van der Waals surface area contributed by atoms with Gasteiger partial charge in [0.15, 0.2) is 23.0 Å². The normalized spacial score (nSPS) is 10.5. The molecule has 254 valence electrons. The molecule has 0 heterocycles. The molecule has 0 fully saturated rings. The molecule has 48 heavy (non-hydrogen) atoms. The molecule has 0 spiro atoms. The van der Waals surface area contributed by atoms with Gasteiger partial charge in [-0.1, -0.05) is 30.8 Å². The summed E-state index contributed by atoms with van der Waals surface area (Å²) in [6.07, 6.45) is 0. The molecule has 4 aromatic carbocycles. The van der Waals surface area contributed by atoms with Gasteiger partial charge in [-0.05, 0) is 101 Å². The first kappa shape index (κ1) is 35.5. The smallest absolute Gasteiger partial charge is 0.343 e. The van der Waals surface area contributed by atoms with E-state index in [0.717, 1.165) is 11.1 Å². The lowest BCUT2D eigenvalue weighted by molar-refractivity contribution is 0.0733. The van der Waals surface area contributed by atoms with E-state index in [1.807, 2.05) is 90.1 Å². The first-order valence-corrected chi connectivity index (χ1v) is 16.3. The molecule has 9 heteroatoms. The Bertz CT molecular complexity index is 1480. The van der Waals surface area contributed by atoms with Crippen LogP contribution in [0.5, 0.6) is 46.0 Å². The Morgan fingerprint density at radius 2 is 0.812 bits per heavy atom. The molecule has 0 saturated heterocycles. The van der Waals surface area contributed by atoms with Crippen molar-refractivity contribution < 1.29 is 42.7 Å². The van der Waals surface area contributed by atoms with Crippen LogP contribution in [0.1, 0.15) is 57.5 Å². The minimum Gasteiger partial charge on any atom is -0.490 e. The zero-order valence-corrected chi connectivity index (χ0v) is 28.6. The predicted octanol–water partition coefficient (Wildman–Crippen LogP) is 9.01. The Balaban J connectivity index is 1.46. The molecule has 0 aromatic heterocycles. The van der Waals surface area contributed by atoms with Crippen molar-refractivity contribution in [1.29, 1.82) is 0 Å². The predicted molar refractivity (Wildman–Crippen MR) is 186 cm³/mol. The van der Waals surface area contributed by atoms with Gasteiger partial charge < -0.3 is 37.9 Å². The number of ether oxygens (including phenoxy) is 8. The third kappa shape index (κ3) is 8.94. The average molecular weight is 657 g/mol. The molecular weight excluding hydrogens is 612 g/mol. The quantitative estimate of drug-likeness (QED) is 0.0591. The lowest BCUT2D eigenvalue weighted by atomic mass is 10.1. The molecule has 0 aliphatic carbocycles. The second-order valence-electron chi connectivity index (χ2n) is 10.2. The zero-order valence-electron chi connectivity index (χ0n) is 28.6. The minimum absolute atomic E-state index is 0.292. The van der Waals surface area contributed by atoms with Crippen molar-refractivity contribution >= 4 is 11.7 Å². The molecule has 0 aliphatic heterocycles. The number of carbonyl (C=O) groups is 1. The van der Waals surface area contributed by atoms with Gasteiger partial charge in [0, 0.05) is 5.56 Å². The van der Waals surface area contributed by atoms with Crippen LogP contribution >= 0.6 is 0 Å². The number of rotatable bonds is 18. The summed E-state index contributed by atoms with van der Waals surface area (Å²) in [5.41, 5.74) is 2.90. The van der Waals surface area contributed by atoms with Gasteiger partial charge in [-0.25, -0.2) is 4.79 Å². The van der Waals surface area contributed by atoms with Crippen molar-refractivity contribution in [2.75, 3.05) is 39.6 Å². The fraction of sp³-hybridized carbons (Fsp3) is 0.308. The van der Waals surface area contributed by atoms with Gasteiger partial charge in [0.05, 0.1) is 45.2 Å². The number of hydrogen-bond acceptors (Lipinski definition) is 9. The van der Waals surface area contributed by atoms with Gasteiger partial charge in [0.1, 0.15) is 17.3 Å². The summed E-state index contributed by atoms with van der Waals surface area (Å²) in [4.78, 5) is 13.1. The molecule has 0 aliphatic rings. The number of esters is 1. The summed E-state index contributed by atoms with van der Waals surface area (Å²) >= 11 is 0. The summed E-state index contributed by atoms with van der Waals surface area (Å²) in [5.74, 6) is 3.93. The Labute approximate surface area is 282 Å². The molecule has 4 rings (SSSR count). The maximum absolute atomic E-state index is 13.1. The Morgan fingerprint density at radius 1 is 0.479 bits per heavy atom. The largest absolute Gasteiger partial charge is 0.490 e. The maximum atomic E-state index is 13.1. The van der Waals surface area contributed by atoms with Gasteiger partial charge in [0.25, 0.3) is 0 Å². The second-order valence-corrected chi connectivity index (χ2v) is 10.2. The van der Waals surface area contributed by atoms with Crippen molar-refractivity contribution in [2.24, 2.45) is 0 Å². The SMILES string of the molecule is C=C(Oc1ccc(-c2ccc(OC(=O)c3cc(OCC)c(OCC)c(OCC)c3)cc2)cc1)c1cc(OCC)c(OCC)c(OCC)c1. The lowest BCUT2D eigenvalue weighted by Gasteiger charge is -2.18. The molecular formula is C39H44O9. The van der Waals surface area contributed by atoms with Crippen LogP contribution in [0.2, 0.25) is 0 Å². The molecule has 9 nitrogen and oxygen atoms in total. The van der Waals surface area contributed by atoms with E-state index in [2.05, 4.69) is 6.58 Å². The molecule has 0 radical (unpaired) electrons. The molecule has 0 amide bonds. The Hall–Kier alpha value is -5.31. The van der Waals surface area contributed by atoms with Crippen molar-refractivity contribution in [3.63, 3.8) is 0 Å². The number of carbonyl (C=O) groups excluding carboxylic acids is 1. The van der Waals surface area contributed by atoms with Crippen LogP contribution in [0.25, 0.3) is 16.9 Å². The Morgan fingerprint density at radius 3 is 1.17 bits per heavy atom. The zero-order chi connectivity index (χ0) is 34.5. The van der Waals surface area contributed by atoms with Gasteiger partial charge in [-0.3, -0.25) is 0 Å². The standard InChI is InChI=1S/C39H44O9/c1-8-41-33-22-29(23-34(42-9-2)37(33)45-12-5)26(7)47-31-18-14-27(15-19-31)28-16-20-32(21-17-28)48-39(40)30-24-35(43-10-3)38(46-13-6)36(25-30)44-11-4/h14-25H,7-13H2,1-6H3. The highest BCUT2D eigenvalue weighted by atomic mass is 16.6. The van der Waals surface area contributed by atoms with Crippen LogP contribution in [-0.4, -0.2) is 45.6 Å². The summed E-state index contributed by atoms with van der Waals surface area (Å²) in [7, 11) is 0. The highest BCUT2D eigenvalue weighted by Gasteiger charge is 2.20. The van der Waals surface area contributed by atoms with Crippen molar-refractivity contribution in [1.82, 2.24) is 0 Å². The molecule has 0 unspecified atom stereocenters. The molecule has 0 bridgehead atoms. The fourth-order valence-corrected chi connectivity index (χ4v) is 4.85. The van der Waals surface area contributed by atoms with E-state index in [1.165, 1.54) is 0 Å². The summed E-state index contributed by atoms with van der Waals surface area (Å²) < 4.78 is 46.5. The lowest BCUT2D eigenvalue weighted by Crippen LogP contribution is -2.11. The van der Waals surface area contributed by atoms with E-state index in [4.69, 9.17) is 37.9 Å². The second kappa shape index (κ2) is 17.6. The average Bonchev–Trinajstić information content (AvgIpc) is 3.08. The van der Waals surface area contributed by atoms with Gasteiger partial charge in [-0.15, -0.1) is 0 Å². The molecule has 0 atom stereocenters. The third-order valence-electron chi connectivity index (χ3n) is 6.87. The summed E-state index contributed by atoms with van der Waals surface area (Å²) in [5, 5.41) is 0. The highest BCUT2D eigenvalue weighted by molar-refractivity contribution is 5.92. The van der Waals surface area contributed by atoms with Crippen LogP contribution in [0.15, 0.2) is 79.4 Å². The summed E-state index contributed by atoms with van der Waals surface area (Å²) in [6.45, 7) is 18.1. The van der Waals surface area contributed by atoms with Crippen molar-refractivity contribution in [2.45, 2.75) is 41.5 Å². The van der Waals surface area contributed by atoms with Crippen LogP contribution in [0, 0.1) is 0 Å². The van der Waals surface area contributed by atoms with E-state index < -0.39 is 5.97 Å². The van der Waals surface area contributed by atoms with Gasteiger partial charge in [0.2, 0.25) is 11.5 Å². The highest BCUT2D eigenvalue weighted by Crippen LogP contribution is 2.41. The molecule has 0 N–H and O–H groups in total. The molecule has 4 aromatic rings. The van der Waals surface area contributed by atoms with E-state index >= 15 is 0 Å². The van der Waals surface area contributed by atoms with E-state index in [-0.39, 0.29) is 0 Å². The van der Waals surface area contributed by atoms with Crippen molar-refractivity contribution in [3.8, 4) is 57.1 Å². The van der Waals surface area contributed by atoms with E-state index in [9.17, 15) is 4.79 Å². The number of hydrogen-bond donors (Lipinski definition) is 0. The fourth-order valence-electron chi connectivity index (χ4n) is 4.85. The topological polar surface area (TPSA) is 90.9 Å². The van der Waals surface area contributed by atoms with Gasteiger partial charge in [-0.2, -0.15) is 0 Å². The minimum atomic E-state index is -0.538. The van der Waals surface area contributed by atoms with Gasteiger partial charge >= 0.3 is 5.97 Å². The van der Waals surface area contributed by atoms with Crippen molar-refractivity contribution in [3.05, 3.63) is 90.5 Å². The van der Waals surface area contributed by atoms with Crippen LogP contribution < -0.4 is 37.9 Å².